The van der Waals surface area contributed by atoms with E-state index in [2.05, 4.69) is 23.7 Å². The zero-order chi connectivity index (χ0) is 10.2. The van der Waals surface area contributed by atoms with Crippen LogP contribution in [0.25, 0.3) is 0 Å². The molecule has 1 rings (SSSR count). The van der Waals surface area contributed by atoms with Crippen molar-refractivity contribution in [1.29, 1.82) is 0 Å². The Hall–Kier alpha value is -0.510. The first-order chi connectivity index (χ1) is 6.86. The molecule has 0 atom stereocenters. The maximum absolute atomic E-state index is 8.86. The molecule has 3 heteroatoms. The molecule has 1 aromatic rings. The van der Waals surface area contributed by atoms with Crippen LogP contribution in [0.2, 0.25) is 0 Å². The number of hydrogen-bond donors (Lipinski definition) is 2. The standard InChI is InChI=1S/C11H17NOS/c1-14-7-6-12-8-10-2-4-11(9-13)5-3-10/h2-5,12-13H,6-9H2,1H3. The monoisotopic (exact) mass is 211 g/mol. The van der Waals surface area contributed by atoms with Crippen molar-refractivity contribution >= 4 is 11.8 Å². The van der Waals surface area contributed by atoms with Gasteiger partial charge in [0.15, 0.2) is 0 Å². The highest BCUT2D eigenvalue weighted by Gasteiger charge is 1.93. The highest BCUT2D eigenvalue weighted by atomic mass is 32.2. The van der Waals surface area contributed by atoms with Crippen molar-refractivity contribution in [1.82, 2.24) is 5.32 Å². The van der Waals surface area contributed by atoms with Crippen LogP contribution in [0.1, 0.15) is 11.1 Å². The second-order valence-corrected chi connectivity index (χ2v) is 4.13. The Balaban J connectivity index is 2.29. The third-order valence-corrected chi connectivity index (χ3v) is 2.63. The Morgan fingerprint density at radius 2 is 1.86 bits per heavy atom. The number of hydrogen-bond acceptors (Lipinski definition) is 3. The fourth-order valence-electron chi connectivity index (χ4n) is 1.17. The molecular weight excluding hydrogens is 194 g/mol. The second-order valence-electron chi connectivity index (χ2n) is 3.14. The summed E-state index contributed by atoms with van der Waals surface area (Å²) in [7, 11) is 0. The van der Waals surface area contributed by atoms with E-state index >= 15 is 0 Å². The van der Waals surface area contributed by atoms with Crippen molar-refractivity contribution in [3.05, 3.63) is 35.4 Å². The highest BCUT2D eigenvalue weighted by Crippen LogP contribution is 2.03. The first-order valence-electron chi connectivity index (χ1n) is 4.75. The van der Waals surface area contributed by atoms with Crippen LogP contribution < -0.4 is 5.32 Å². The molecule has 1 aromatic carbocycles. The summed E-state index contributed by atoms with van der Waals surface area (Å²) in [6.07, 6.45) is 2.11. The Kier molecular flexibility index (Phi) is 5.68. The topological polar surface area (TPSA) is 32.3 Å². The third kappa shape index (κ3) is 4.13. The van der Waals surface area contributed by atoms with Crippen molar-refractivity contribution in [2.45, 2.75) is 13.2 Å². The minimum Gasteiger partial charge on any atom is -0.392 e. The molecule has 0 heterocycles. The third-order valence-electron chi connectivity index (χ3n) is 2.02. The van der Waals surface area contributed by atoms with E-state index in [1.165, 1.54) is 5.56 Å². The summed E-state index contributed by atoms with van der Waals surface area (Å²) < 4.78 is 0. The largest absolute Gasteiger partial charge is 0.392 e. The van der Waals surface area contributed by atoms with Gasteiger partial charge in [-0.1, -0.05) is 24.3 Å². The zero-order valence-electron chi connectivity index (χ0n) is 8.49. The summed E-state index contributed by atoms with van der Waals surface area (Å²) in [5.74, 6) is 1.15. The van der Waals surface area contributed by atoms with Gasteiger partial charge in [-0.05, 0) is 17.4 Å². The molecule has 14 heavy (non-hydrogen) atoms. The summed E-state index contributed by atoms with van der Waals surface area (Å²) >= 11 is 1.85. The quantitative estimate of drug-likeness (QED) is 0.702. The SMILES string of the molecule is CSCCNCc1ccc(CO)cc1. The minimum absolute atomic E-state index is 0.125. The molecule has 0 aliphatic rings. The lowest BCUT2D eigenvalue weighted by Crippen LogP contribution is -2.16. The van der Waals surface area contributed by atoms with E-state index in [4.69, 9.17) is 5.11 Å². The molecule has 0 aliphatic heterocycles. The number of rotatable bonds is 6. The fourth-order valence-corrected chi connectivity index (χ4v) is 1.52. The maximum atomic E-state index is 8.86. The van der Waals surface area contributed by atoms with Crippen molar-refractivity contribution < 1.29 is 5.11 Å². The molecule has 0 saturated heterocycles. The lowest BCUT2D eigenvalue weighted by molar-refractivity contribution is 0.282. The van der Waals surface area contributed by atoms with Gasteiger partial charge in [-0.15, -0.1) is 0 Å². The molecule has 0 amide bonds. The van der Waals surface area contributed by atoms with Gasteiger partial charge in [-0.25, -0.2) is 0 Å². The molecule has 0 saturated carbocycles. The van der Waals surface area contributed by atoms with E-state index in [1.54, 1.807) is 0 Å². The smallest absolute Gasteiger partial charge is 0.0681 e. The Morgan fingerprint density at radius 1 is 1.21 bits per heavy atom. The van der Waals surface area contributed by atoms with Crippen LogP contribution in [0.4, 0.5) is 0 Å². The van der Waals surface area contributed by atoms with Crippen LogP contribution in [0.15, 0.2) is 24.3 Å². The average Bonchev–Trinajstić information content (AvgIpc) is 2.25. The first-order valence-corrected chi connectivity index (χ1v) is 6.14. The molecule has 0 spiro atoms. The number of aliphatic hydroxyl groups excluding tert-OH is 1. The van der Waals surface area contributed by atoms with Gasteiger partial charge in [0.1, 0.15) is 0 Å². The van der Waals surface area contributed by atoms with E-state index < -0.39 is 0 Å². The number of nitrogens with one attached hydrogen (secondary N) is 1. The van der Waals surface area contributed by atoms with Gasteiger partial charge in [-0.3, -0.25) is 0 Å². The Labute approximate surface area is 89.7 Å². The molecule has 0 aliphatic carbocycles. The molecular formula is C11H17NOS. The molecule has 2 N–H and O–H groups in total. The lowest BCUT2D eigenvalue weighted by Gasteiger charge is -2.04. The van der Waals surface area contributed by atoms with Crippen molar-refractivity contribution in [2.75, 3.05) is 18.6 Å². The summed E-state index contributed by atoms with van der Waals surface area (Å²) in [4.78, 5) is 0. The summed E-state index contributed by atoms with van der Waals surface area (Å²) in [5, 5.41) is 12.2. The summed E-state index contributed by atoms with van der Waals surface area (Å²) in [6, 6.07) is 8.03. The molecule has 78 valence electrons. The maximum Gasteiger partial charge on any atom is 0.0681 e. The number of aliphatic hydroxyl groups is 1. The van der Waals surface area contributed by atoms with E-state index in [1.807, 2.05) is 23.9 Å². The van der Waals surface area contributed by atoms with Gasteiger partial charge in [0.25, 0.3) is 0 Å². The Bertz CT molecular complexity index is 248. The first kappa shape index (κ1) is 11.6. The minimum atomic E-state index is 0.125. The van der Waals surface area contributed by atoms with Crippen LogP contribution in [-0.4, -0.2) is 23.7 Å². The lowest BCUT2D eigenvalue weighted by atomic mass is 10.1. The van der Waals surface area contributed by atoms with Crippen LogP contribution in [-0.2, 0) is 13.2 Å². The van der Waals surface area contributed by atoms with Gasteiger partial charge >= 0.3 is 0 Å². The van der Waals surface area contributed by atoms with E-state index in [9.17, 15) is 0 Å². The van der Waals surface area contributed by atoms with Crippen molar-refractivity contribution in [2.24, 2.45) is 0 Å². The van der Waals surface area contributed by atoms with Gasteiger partial charge in [0.2, 0.25) is 0 Å². The van der Waals surface area contributed by atoms with Crippen LogP contribution in [0, 0.1) is 0 Å². The summed E-state index contributed by atoms with van der Waals surface area (Å²) in [6.45, 7) is 2.08. The van der Waals surface area contributed by atoms with E-state index in [0.29, 0.717) is 0 Å². The molecule has 0 fully saturated rings. The van der Waals surface area contributed by atoms with Crippen molar-refractivity contribution in [3.63, 3.8) is 0 Å². The predicted octanol–water partition coefficient (Wildman–Crippen LogP) is 1.63. The van der Waals surface area contributed by atoms with Crippen molar-refractivity contribution in [3.8, 4) is 0 Å². The molecule has 0 unspecified atom stereocenters. The van der Waals surface area contributed by atoms with Crippen LogP contribution in [0.5, 0.6) is 0 Å². The van der Waals surface area contributed by atoms with Crippen LogP contribution in [0.3, 0.4) is 0 Å². The normalized spacial score (nSPS) is 10.4. The second kappa shape index (κ2) is 6.87. The predicted molar refractivity (Wildman–Crippen MR) is 62.5 cm³/mol. The van der Waals surface area contributed by atoms with Gasteiger partial charge in [0.05, 0.1) is 6.61 Å². The Morgan fingerprint density at radius 3 is 2.43 bits per heavy atom. The van der Waals surface area contributed by atoms with E-state index in [0.717, 1.165) is 24.4 Å². The zero-order valence-corrected chi connectivity index (χ0v) is 9.31. The summed E-state index contributed by atoms with van der Waals surface area (Å²) in [5.41, 5.74) is 2.24. The van der Waals surface area contributed by atoms with E-state index in [-0.39, 0.29) is 6.61 Å². The number of thioether (sulfide) groups is 1. The molecule has 0 radical (unpaired) electrons. The highest BCUT2D eigenvalue weighted by molar-refractivity contribution is 7.98. The van der Waals surface area contributed by atoms with Gasteiger partial charge in [0, 0.05) is 18.8 Å². The van der Waals surface area contributed by atoms with Crippen LogP contribution >= 0.6 is 11.8 Å². The molecule has 2 nitrogen and oxygen atoms in total. The fraction of sp³-hybridized carbons (Fsp3) is 0.455. The molecule has 0 bridgehead atoms. The van der Waals surface area contributed by atoms with Gasteiger partial charge < -0.3 is 10.4 Å². The molecule has 0 aromatic heterocycles. The number of benzene rings is 1. The van der Waals surface area contributed by atoms with Gasteiger partial charge in [-0.2, -0.15) is 11.8 Å². The average molecular weight is 211 g/mol.